The van der Waals surface area contributed by atoms with Crippen molar-refractivity contribution in [3.63, 3.8) is 0 Å². The maximum Gasteiger partial charge on any atom is 0.266 e. The summed E-state index contributed by atoms with van der Waals surface area (Å²) in [4.78, 5) is 27.9. The fraction of sp³-hybridized carbons (Fsp3) is 0.238. The third kappa shape index (κ3) is 4.06. The van der Waals surface area contributed by atoms with Gasteiger partial charge in [-0.15, -0.1) is 16.9 Å². The van der Waals surface area contributed by atoms with Gasteiger partial charge in [0.25, 0.3) is 5.91 Å². The van der Waals surface area contributed by atoms with E-state index in [0.717, 1.165) is 10.4 Å². The van der Waals surface area contributed by atoms with Gasteiger partial charge in [-0.3, -0.25) is 9.59 Å². The normalized spacial score (nSPS) is 18.3. The van der Waals surface area contributed by atoms with Crippen molar-refractivity contribution < 1.29 is 14.7 Å². The molecule has 4 rings (SSSR count). The van der Waals surface area contributed by atoms with Gasteiger partial charge in [0.1, 0.15) is 17.2 Å². The summed E-state index contributed by atoms with van der Waals surface area (Å²) >= 11 is 5.57. The molecule has 160 valence electrons. The summed E-state index contributed by atoms with van der Waals surface area (Å²) in [5.41, 5.74) is 0.573. The number of nitrogens with two attached hydrogens (primary N) is 1. The van der Waals surface area contributed by atoms with Crippen LogP contribution in [0.1, 0.15) is 17.4 Å². The van der Waals surface area contributed by atoms with Gasteiger partial charge >= 0.3 is 0 Å². The Morgan fingerprint density at radius 3 is 2.74 bits per heavy atom. The SMILES string of the molecule is NN(C(=O)[C@@H]1CS[C@H](c2ccccc2O)N1C(=O)CCS)c1nncc2ccccc12. The molecule has 1 fully saturated rings. The number of carbonyl (C=O) groups excluding carboxylic acids is 2. The minimum absolute atomic E-state index is 0.0706. The van der Waals surface area contributed by atoms with Gasteiger partial charge in [0, 0.05) is 28.5 Å². The number of hydrogen-bond acceptors (Lipinski definition) is 8. The van der Waals surface area contributed by atoms with Gasteiger partial charge in [0.2, 0.25) is 5.91 Å². The number of thiol groups is 1. The van der Waals surface area contributed by atoms with Gasteiger partial charge in [-0.05, 0) is 11.8 Å². The summed E-state index contributed by atoms with van der Waals surface area (Å²) in [7, 11) is 0. The molecule has 2 heterocycles. The Labute approximate surface area is 188 Å². The van der Waals surface area contributed by atoms with Gasteiger partial charge in [-0.25, -0.2) is 10.9 Å². The van der Waals surface area contributed by atoms with E-state index in [1.807, 2.05) is 24.3 Å². The van der Waals surface area contributed by atoms with Gasteiger partial charge < -0.3 is 10.0 Å². The molecule has 0 aliphatic carbocycles. The van der Waals surface area contributed by atoms with Crippen LogP contribution in [0.2, 0.25) is 0 Å². The first kappa shape index (κ1) is 21.4. The highest BCUT2D eigenvalue weighted by molar-refractivity contribution is 7.99. The number of rotatable bonds is 5. The summed E-state index contributed by atoms with van der Waals surface area (Å²) in [6.45, 7) is 0. The van der Waals surface area contributed by atoms with Gasteiger partial charge in [-0.2, -0.15) is 17.7 Å². The fourth-order valence-corrected chi connectivity index (χ4v) is 5.28. The van der Waals surface area contributed by atoms with Crippen LogP contribution in [-0.4, -0.2) is 49.6 Å². The lowest BCUT2D eigenvalue weighted by molar-refractivity contribution is -0.138. The zero-order valence-corrected chi connectivity index (χ0v) is 18.2. The Morgan fingerprint density at radius 2 is 1.97 bits per heavy atom. The van der Waals surface area contributed by atoms with Crippen LogP contribution in [0.5, 0.6) is 5.75 Å². The summed E-state index contributed by atoms with van der Waals surface area (Å²) in [6, 6.07) is 13.3. The monoisotopic (exact) mass is 455 g/mol. The molecule has 2 atom stereocenters. The number of phenols is 1. The molecule has 31 heavy (non-hydrogen) atoms. The lowest BCUT2D eigenvalue weighted by atomic mass is 10.1. The number of phenolic OH excluding ortho intramolecular Hbond substituents is 1. The molecule has 1 saturated heterocycles. The minimum atomic E-state index is -0.812. The summed E-state index contributed by atoms with van der Waals surface area (Å²) < 4.78 is 0. The topological polar surface area (TPSA) is 113 Å². The lowest BCUT2D eigenvalue weighted by Crippen LogP contribution is -2.52. The molecule has 8 nitrogen and oxygen atoms in total. The van der Waals surface area contributed by atoms with Gasteiger partial charge in [0.05, 0.1) is 6.20 Å². The van der Waals surface area contributed by atoms with E-state index in [0.29, 0.717) is 22.5 Å². The third-order valence-corrected chi connectivity index (χ3v) is 6.65. The first-order chi connectivity index (χ1) is 15.0. The summed E-state index contributed by atoms with van der Waals surface area (Å²) in [5.74, 6) is 6.47. The van der Waals surface area contributed by atoms with E-state index in [2.05, 4.69) is 22.8 Å². The smallest absolute Gasteiger partial charge is 0.266 e. The Morgan fingerprint density at radius 1 is 1.23 bits per heavy atom. The average molecular weight is 456 g/mol. The second kappa shape index (κ2) is 9.13. The molecule has 0 radical (unpaired) electrons. The Balaban J connectivity index is 1.69. The third-order valence-electron chi connectivity index (χ3n) is 5.12. The standard InChI is InChI=1S/C21H21N5O3S2/c22-26(19-14-6-2-1-5-13(14)11-23-24-19)20(29)16-12-31-21(25(16)18(28)9-10-30)15-7-3-4-8-17(15)27/h1-8,11,16,21,27,30H,9-10,12,22H2/t16-,21+/m0/s1. The van der Waals surface area contributed by atoms with E-state index < -0.39 is 17.3 Å². The van der Waals surface area contributed by atoms with Crippen LogP contribution in [0.4, 0.5) is 5.82 Å². The second-order valence-corrected chi connectivity index (χ2v) is 8.56. The van der Waals surface area contributed by atoms with Crippen LogP contribution in [0.25, 0.3) is 10.8 Å². The highest BCUT2D eigenvalue weighted by Crippen LogP contribution is 2.45. The lowest BCUT2D eigenvalue weighted by Gasteiger charge is -2.31. The molecule has 0 saturated carbocycles. The molecule has 1 aliphatic rings. The van der Waals surface area contributed by atoms with Crippen molar-refractivity contribution in [2.45, 2.75) is 17.8 Å². The number of amides is 2. The zero-order chi connectivity index (χ0) is 22.0. The molecule has 3 aromatic rings. The number of nitrogens with zero attached hydrogens (tertiary/aromatic N) is 4. The van der Waals surface area contributed by atoms with Crippen LogP contribution in [-0.2, 0) is 9.59 Å². The predicted octanol–water partition coefficient (Wildman–Crippen LogP) is 2.50. The maximum atomic E-state index is 13.4. The van der Waals surface area contributed by atoms with Crippen molar-refractivity contribution in [2.24, 2.45) is 5.84 Å². The number of benzene rings is 2. The number of carbonyl (C=O) groups is 2. The average Bonchev–Trinajstić information content (AvgIpc) is 3.23. The van der Waals surface area contributed by atoms with Crippen LogP contribution >= 0.6 is 24.4 Å². The second-order valence-electron chi connectivity index (χ2n) is 7.00. The number of thioether (sulfide) groups is 1. The number of hydrogen-bond donors (Lipinski definition) is 3. The minimum Gasteiger partial charge on any atom is -0.508 e. The molecule has 0 bridgehead atoms. The van der Waals surface area contributed by atoms with Crippen molar-refractivity contribution in [2.75, 3.05) is 16.5 Å². The first-order valence-electron chi connectivity index (χ1n) is 9.63. The van der Waals surface area contributed by atoms with Crippen molar-refractivity contribution in [1.82, 2.24) is 15.1 Å². The molecule has 3 N–H and O–H groups in total. The highest BCUT2D eigenvalue weighted by Gasteiger charge is 2.44. The van der Waals surface area contributed by atoms with Crippen LogP contribution < -0.4 is 10.9 Å². The number of anilines is 1. The predicted molar refractivity (Wildman–Crippen MR) is 124 cm³/mol. The number of aromatic hydroxyl groups is 1. The van der Waals surface area contributed by atoms with Crippen LogP contribution in [0, 0.1) is 0 Å². The van der Waals surface area contributed by atoms with Gasteiger partial charge in [0.15, 0.2) is 5.82 Å². The molecular weight excluding hydrogens is 434 g/mol. The van der Waals surface area contributed by atoms with E-state index in [1.165, 1.54) is 16.7 Å². The number of fused-ring (bicyclic) bond motifs is 1. The van der Waals surface area contributed by atoms with E-state index in [-0.39, 0.29) is 23.9 Å². The zero-order valence-electron chi connectivity index (χ0n) is 16.5. The largest absolute Gasteiger partial charge is 0.508 e. The number of para-hydroxylation sites is 1. The summed E-state index contributed by atoms with van der Waals surface area (Å²) in [6.07, 6.45) is 1.76. The Kier molecular flexibility index (Phi) is 6.30. The van der Waals surface area contributed by atoms with E-state index >= 15 is 0 Å². The number of hydrazine groups is 1. The van der Waals surface area contributed by atoms with Crippen molar-refractivity contribution in [3.8, 4) is 5.75 Å². The Hall–Kier alpha value is -2.82. The molecule has 1 aliphatic heterocycles. The van der Waals surface area contributed by atoms with Crippen molar-refractivity contribution >= 4 is 52.8 Å². The van der Waals surface area contributed by atoms with Crippen molar-refractivity contribution in [1.29, 1.82) is 0 Å². The molecule has 2 amide bonds. The molecule has 0 unspecified atom stereocenters. The van der Waals surface area contributed by atoms with E-state index in [1.54, 1.807) is 30.5 Å². The molecule has 0 spiro atoms. The van der Waals surface area contributed by atoms with Crippen LogP contribution in [0.3, 0.4) is 0 Å². The highest BCUT2D eigenvalue weighted by atomic mass is 32.2. The van der Waals surface area contributed by atoms with Crippen LogP contribution in [0.15, 0.2) is 54.7 Å². The number of aromatic nitrogens is 2. The summed E-state index contributed by atoms with van der Waals surface area (Å²) in [5, 5.41) is 20.3. The first-order valence-corrected chi connectivity index (χ1v) is 11.3. The van der Waals surface area contributed by atoms with Crippen molar-refractivity contribution in [3.05, 3.63) is 60.3 Å². The fourth-order valence-electron chi connectivity index (χ4n) is 3.62. The molecule has 2 aromatic carbocycles. The Bertz CT molecular complexity index is 1120. The molecular formula is C21H21N5O3S2. The molecule has 10 heteroatoms. The van der Waals surface area contributed by atoms with Gasteiger partial charge in [-0.1, -0.05) is 42.5 Å². The van der Waals surface area contributed by atoms with E-state index in [4.69, 9.17) is 5.84 Å². The molecule has 1 aromatic heterocycles. The van der Waals surface area contributed by atoms with E-state index in [9.17, 15) is 14.7 Å². The quantitative estimate of drug-likeness (QED) is 0.234. The maximum absolute atomic E-state index is 13.4.